The summed E-state index contributed by atoms with van der Waals surface area (Å²) in [5.41, 5.74) is 0.352. The highest BCUT2D eigenvalue weighted by Gasteiger charge is 2.52. The predicted octanol–water partition coefficient (Wildman–Crippen LogP) is 6.60. The van der Waals surface area contributed by atoms with Gasteiger partial charge in [0, 0.05) is 30.1 Å². The maximum Gasteiger partial charge on any atom is 0.411 e. The number of hydrogen-bond acceptors (Lipinski definition) is 6. The molecule has 2 bridgehead atoms. The Morgan fingerprint density at radius 2 is 2.07 bits per heavy atom. The number of benzene rings is 1. The van der Waals surface area contributed by atoms with E-state index in [4.69, 9.17) is 16.3 Å². The third kappa shape index (κ3) is 5.47. The first-order valence-electron chi connectivity index (χ1n) is 13.7. The van der Waals surface area contributed by atoms with E-state index in [-0.39, 0.29) is 29.8 Å². The van der Waals surface area contributed by atoms with Crippen LogP contribution in [-0.2, 0) is 14.3 Å². The van der Waals surface area contributed by atoms with Crippen molar-refractivity contribution < 1.29 is 32.6 Å². The van der Waals surface area contributed by atoms with Gasteiger partial charge in [0.1, 0.15) is 23.9 Å². The zero-order valence-corrected chi connectivity index (χ0v) is 24.1. The number of fused-ring (bicyclic) bond motifs is 4. The van der Waals surface area contributed by atoms with E-state index in [2.05, 4.69) is 25.3 Å². The second-order valence-electron chi connectivity index (χ2n) is 11.0. The summed E-state index contributed by atoms with van der Waals surface area (Å²) in [6, 6.07) is 4.48. The number of nitrogens with one attached hydrogen (secondary N) is 3. The van der Waals surface area contributed by atoms with Crippen LogP contribution in [0.5, 0.6) is 0 Å². The minimum Gasteiger partial charge on any atom is -0.453 e. The molecule has 224 valence electrons. The lowest BCUT2D eigenvalue weighted by atomic mass is 9.74. The van der Waals surface area contributed by atoms with Gasteiger partial charge in [0.25, 0.3) is 0 Å². The first kappa shape index (κ1) is 29.6. The van der Waals surface area contributed by atoms with Gasteiger partial charge in [0.15, 0.2) is 0 Å². The number of H-pyrrole nitrogens is 1. The first-order valence-corrected chi connectivity index (χ1v) is 14.1. The molecule has 0 radical (unpaired) electrons. The minimum absolute atomic E-state index is 0.176. The Bertz CT molecular complexity index is 1460. The van der Waals surface area contributed by atoms with Crippen LogP contribution in [0.4, 0.5) is 29.7 Å². The van der Waals surface area contributed by atoms with E-state index in [0.717, 1.165) is 0 Å². The largest absolute Gasteiger partial charge is 0.453 e. The zero-order chi connectivity index (χ0) is 30.2. The van der Waals surface area contributed by atoms with Crippen molar-refractivity contribution in [3.63, 3.8) is 0 Å². The number of rotatable bonds is 3. The van der Waals surface area contributed by atoms with Crippen molar-refractivity contribution in [1.29, 1.82) is 0 Å². The molecule has 0 saturated carbocycles. The molecule has 0 spiro atoms. The SMILES string of the molecule is COC(=O)Nc1ccc2c(c1)NC(=O)[C@H](C)CCC[C@H](N1CCC(C3(C)C(F)=C(Cl)C=CC3F)OC1=O)c1ncc-2[nH]1. The van der Waals surface area contributed by atoms with Gasteiger partial charge < -0.3 is 19.8 Å². The molecule has 1 aliphatic carbocycles. The van der Waals surface area contributed by atoms with E-state index < -0.39 is 41.7 Å². The number of methoxy groups -OCH3 is 1. The monoisotopic (exact) mass is 603 g/mol. The average Bonchev–Trinajstić information content (AvgIpc) is 3.45. The Morgan fingerprint density at radius 1 is 1.29 bits per heavy atom. The van der Waals surface area contributed by atoms with Crippen molar-refractivity contribution in [2.24, 2.45) is 11.3 Å². The molecule has 42 heavy (non-hydrogen) atoms. The Hall–Kier alpha value is -3.93. The highest BCUT2D eigenvalue weighted by molar-refractivity contribution is 6.31. The number of nitrogens with zero attached hydrogens (tertiary/aromatic N) is 2. The number of halogens is 3. The number of aromatic amines is 1. The Kier molecular flexibility index (Phi) is 8.27. The van der Waals surface area contributed by atoms with Gasteiger partial charge >= 0.3 is 12.2 Å². The summed E-state index contributed by atoms with van der Waals surface area (Å²) in [6.45, 7) is 3.36. The molecule has 10 nitrogen and oxygen atoms in total. The third-order valence-electron chi connectivity index (χ3n) is 8.29. The Balaban J connectivity index is 1.44. The quantitative estimate of drug-likeness (QED) is 0.363. The Morgan fingerprint density at radius 3 is 2.81 bits per heavy atom. The molecule has 3 amide bonds. The number of amides is 3. The molecular weight excluding hydrogens is 572 g/mol. The van der Waals surface area contributed by atoms with Crippen LogP contribution in [0, 0.1) is 11.3 Å². The number of imidazole rings is 1. The van der Waals surface area contributed by atoms with Gasteiger partial charge in [-0.15, -0.1) is 0 Å². The standard InChI is InChI=1S/C29H32ClF2N5O5/c1-15-5-4-6-21(37-12-11-23(42-28(37)40)29(2)22(31)10-9-18(30)24(29)32)25-33-14-20(35-25)17-8-7-16(34-27(39)41-3)13-19(17)36-26(15)38/h7-10,13-15,21-23H,4-6,11-12H2,1-3H3,(H,33,35)(H,34,39)(H,36,38)/t15-,21+,22?,23?,29?/m1/s1. The topological polar surface area (TPSA) is 126 Å². The van der Waals surface area contributed by atoms with Crippen LogP contribution in [0.2, 0.25) is 0 Å². The molecule has 1 saturated heterocycles. The number of cyclic esters (lactones) is 1. The van der Waals surface area contributed by atoms with Gasteiger partial charge in [0.2, 0.25) is 5.91 Å². The van der Waals surface area contributed by atoms with E-state index in [1.165, 1.54) is 31.1 Å². The summed E-state index contributed by atoms with van der Waals surface area (Å²) < 4.78 is 40.4. The van der Waals surface area contributed by atoms with Crippen LogP contribution >= 0.6 is 11.6 Å². The number of ether oxygens (including phenoxy) is 2. The smallest absolute Gasteiger partial charge is 0.411 e. The summed E-state index contributed by atoms with van der Waals surface area (Å²) in [7, 11) is 1.25. The number of aromatic nitrogens is 2. The second-order valence-corrected chi connectivity index (χ2v) is 11.4. The maximum atomic E-state index is 15.1. The van der Waals surface area contributed by atoms with Crippen LogP contribution in [0.3, 0.4) is 0 Å². The Labute approximate surface area is 246 Å². The zero-order valence-electron chi connectivity index (χ0n) is 23.4. The van der Waals surface area contributed by atoms with E-state index in [1.807, 2.05) is 6.92 Å². The number of carbonyl (C=O) groups is 3. The fourth-order valence-electron chi connectivity index (χ4n) is 5.66. The van der Waals surface area contributed by atoms with E-state index in [0.29, 0.717) is 47.7 Å². The minimum atomic E-state index is -1.73. The molecule has 1 aromatic heterocycles. The van der Waals surface area contributed by atoms with Crippen LogP contribution in [0.1, 0.15) is 51.4 Å². The number of alkyl halides is 1. The van der Waals surface area contributed by atoms with Crippen molar-refractivity contribution in [3.8, 4) is 11.3 Å². The van der Waals surface area contributed by atoms with Gasteiger partial charge in [-0.1, -0.05) is 24.9 Å². The van der Waals surface area contributed by atoms with Crippen LogP contribution in [-0.4, -0.2) is 58.9 Å². The summed E-state index contributed by atoms with van der Waals surface area (Å²) in [6.07, 6.45) is 1.58. The number of allylic oxidation sites excluding steroid dienone is 3. The molecule has 2 aromatic rings. The lowest BCUT2D eigenvalue weighted by molar-refractivity contribution is -0.119. The highest BCUT2D eigenvalue weighted by Crippen LogP contribution is 2.48. The van der Waals surface area contributed by atoms with Crippen molar-refractivity contribution in [3.05, 3.63) is 53.2 Å². The van der Waals surface area contributed by atoms with Gasteiger partial charge in [-0.05, 0) is 50.1 Å². The summed E-state index contributed by atoms with van der Waals surface area (Å²) in [5.74, 6) is -0.891. The molecule has 3 heterocycles. The lowest BCUT2D eigenvalue weighted by Crippen LogP contribution is -2.52. The molecular formula is C29H32ClF2N5O5. The maximum absolute atomic E-state index is 15.1. The van der Waals surface area contributed by atoms with Gasteiger partial charge in [-0.3, -0.25) is 15.0 Å². The molecule has 5 rings (SSSR count). The number of anilines is 2. The normalized spacial score (nSPS) is 28.2. The van der Waals surface area contributed by atoms with E-state index in [9.17, 15) is 18.8 Å². The van der Waals surface area contributed by atoms with Gasteiger partial charge in [0.05, 0.1) is 41.2 Å². The fraction of sp³-hybridized carbons (Fsp3) is 0.448. The second kappa shape index (κ2) is 11.7. The molecule has 1 fully saturated rings. The summed E-state index contributed by atoms with van der Waals surface area (Å²) >= 11 is 5.97. The van der Waals surface area contributed by atoms with Crippen molar-refractivity contribution >= 4 is 41.1 Å². The van der Waals surface area contributed by atoms with Crippen molar-refractivity contribution in [2.75, 3.05) is 24.3 Å². The van der Waals surface area contributed by atoms with Crippen LogP contribution in [0.15, 0.2) is 47.4 Å². The van der Waals surface area contributed by atoms with E-state index >= 15 is 4.39 Å². The molecule has 2 aliphatic heterocycles. The van der Waals surface area contributed by atoms with E-state index in [1.54, 1.807) is 24.4 Å². The number of carbonyl (C=O) groups excluding carboxylic acids is 3. The highest BCUT2D eigenvalue weighted by atomic mass is 35.5. The number of hydrogen-bond donors (Lipinski definition) is 3. The average molecular weight is 604 g/mol. The summed E-state index contributed by atoms with van der Waals surface area (Å²) in [4.78, 5) is 47.5. The predicted molar refractivity (Wildman–Crippen MR) is 152 cm³/mol. The molecule has 5 atom stereocenters. The molecule has 13 heteroatoms. The fourth-order valence-corrected chi connectivity index (χ4v) is 5.93. The third-order valence-corrected chi connectivity index (χ3v) is 8.59. The molecule has 3 unspecified atom stereocenters. The molecule has 3 aliphatic rings. The summed E-state index contributed by atoms with van der Waals surface area (Å²) in [5, 5.41) is 5.33. The molecule has 1 aromatic carbocycles. The first-order chi connectivity index (χ1) is 20.0. The van der Waals surface area contributed by atoms with Crippen LogP contribution < -0.4 is 10.6 Å². The van der Waals surface area contributed by atoms with Crippen molar-refractivity contribution in [1.82, 2.24) is 14.9 Å². The van der Waals surface area contributed by atoms with Gasteiger partial charge in [-0.2, -0.15) is 0 Å². The van der Waals surface area contributed by atoms with Crippen LogP contribution in [0.25, 0.3) is 11.3 Å². The lowest BCUT2D eigenvalue weighted by Gasteiger charge is -2.44. The molecule has 3 N–H and O–H groups in total. The van der Waals surface area contributed by atoms with Crippen molar-refractivity contribution in [2.45, 2.75) is 57.8 Å². The van der Waals surface area contributed by atoms with Gasteiger partial charge in [-0.25, -0.2) is 23.4 Å².